The summed E-state index contributed by atoms with van der Waals surface area (Å²) in [6, 6.07) is 8.94. The van der Waals surface area contributed by atoms with Crippen LogP contribution in [0.25, 0.3) is 0 Å². The first-order valence-electron chi connectivity index (χ1n) is 7.21. The SMILES string of the molecule is CCNC(CCN(C)CC(C)C)c1ccccc1Br. The highest BCUT2D eigenvalue weighted by Gasteiger charge is 2.14. The van der Waals surface area contributed by atoms with E-state index in [1.54, 1.807) is 0 Å². The second kappa shape index (κ2) is 8.72. The van der Waals surface area contributed by atoms with E-state index in [0.717, 1.165) is 32.0 Å². The molecule has 1 atom stereocenters. The van der Waals surface area contributed by atoms with Gasteiger partial charge in [0.1, 0.15) is 0 Å². The van der Waals surface area contributed by atoms with Gasteiger partial charge < -0.3 is 10.2 Å². The van der Waals surface area contributed by atoms with Crippen molar-refractivity contribution in [1.82, 2.24) is 10.2 Å². The van der Waals surface area contributed by atoms with Gasteiger partial charge in [-0.15, -0.1) is 0 Å². The van der Waals surface area contributed by atoms with E-state index in [9.17, 15) is 0 Å². The van der Waals surface area contributed by atoms with E-state index in [1.165, 1.54) is 10.0 Å². The molecule has 0 spiro atoms. The molecule has 1 aromatic rings. The molecular formula is C16H27BrN2. The Morgan fingerprint density at radius 2 is 1.95 bits per heavy atom. The third kappa shape index (κ3) is 6.07. The lowest BCUT2D eigenvalue weighted by atomic mass is 10.0. The zero-order valence-corrected chi connectivity index (χ0v) is 14.2. The standard InChI is InChI=1S/C16H27BrN2/c1-5-18-16(10-11-19(4)12-13(2)3)14-8-6-7-9-15(14)17/h6-9,13,16,18H,5,10-12H2,1-4H3. The molecule has 1 aromatic carbocycles. The minimum atomic E-state index is 0.426. The van der Waals surface area contributed by atoms with Crippen LogP contribution in [0.3, 0.4) is 0 Å². The lowest BCUT2D eigenvalue weighted by Crippen LogP contribution is -2.29. The molecule has 0 heterocycles. The van der Waals surface area contributed by atoms with E-state index in [1.807, 2.05) is 0 Å². The number of hydrogen-bond acceptors (Lipinski definition) is 2. The Hall–Kier alpha value is -0.380. The van der Waals surface area contributed by atoms with Crippen LogP contribution in [0.1, 0.15) is 38.8 Å². The maximum absolute atomic E-state index is 3.66. The molecule has 0 aliphatic carbocycles. The zero-order valence-electron chi connectivity index (χ0n) is 12.6. The summed E-state index contributed by atoms with van der Waals surface area (Å²) in [5.41, 5.74) is 1.36. The molecule has 3 heteroatoms. The van der Waals surface area contributed by atoms with Crippen LogP contribution in [0.5, 0.6) is 0 Å². The third-order valence-corrected chi connectivity index (χ3v) is 3.93. The van der Waals surface area contributed by atoms with Gasteiger partial charge in [-0.3, -0.25) is 0 Å². The van der Waals surface area contributed by atoms with E-state index in [-0.39, 0.29) is 0 Å². The predicted octanol–water partition coefficient (Wildman–Crippen LogP) is 4.08. The summed E-state index contributed by atoms with van der Waals surface area (Å²) in [5.74, 6) is 0.728. The molecule has 19 heavy (non-hydrogen) atoms. The van der Waals surface area contributed by atoms with Crippen LogP contribution in [-0.4, -0.2) is 31.6 Å². The average Bonchev–Trinajstić information content (AvgIpc) is 2.34. The van der Waals surface area contributed by atoms with Crippen LogP contribution in [-0.2, 0) is 0 Å². The van der Waals surface area contributed by atoms with Gasteiger partial charge in [0.05, 0.1) is 0 Å². The largest absolute Gasteiger partial charge is 0.310 e. The van der Waals surface area contributed by atoms with Crippen molar-refractivity contribution < 1.29 is 0 Å². The summed E-state index contributed by atoms with van der Waals surface area (Å²) < 4.78 is 1.20. The Balaban J connectivity index is 2.61. The maximum Gasteiger partial charge on any atom is 0.0343 e. The van der Waals surface area contributed by atoms with Crippen LogP contribution in [0, 0.1) is 5.92 Å². The first kappa shape index (κ1) is 16.7. The van der Waals surface area contributed by atoms with Crippen molar-refractivity contribution >= 4 is 15.9 Å². The van der Waals surface area contributed by atoms with Crippen LogP contribution in [0.15, 0.2) is 28.7 Å². The van der Waals surface area contributed by atoms with Crippen molar-refractivity contribution in [2.45, 2.75) is 33.2 Å². The molecule has 0 bridgehead atoms. The van der Waals surface area contributed by atoms with Crippen molar-refractivity contribution in [3.8, 4) is 0 Å². The van der Waals surface area contributed by atoms with Gasteiger partial charge in [0.15, 0.2) is 0 Å². The topological polar surface area (TPSA) is 15.3 Å². The summed E-state index contributed by atoms with van der Waals surface area (Å²) in [7, 11) is 2.21. The van der Waals surface area contributed by atoms with E-state index >= 15 is 0 Å². The van der Waals surface area contributed by atoms with E-state index < -0.39 is 0 Å². The molecule has 0 amide bonds. The molecule has 0 saturated heterocycles. The summed E-state index contributed by atoms with van der Waals surface area (Å²) in [6.45, 7) is 9.99. The number of hydrogen-bond donors (Lipinski definition) is 1. The van der Waals surface area contributed by atoms with Gasteiger partial charge in [-0.05, 0) is 44.1 Å². The lowest BCUT2D eigenvalue weighted by Gasteiger charge is -2.24. The second-order valence-corrected chi connectivity index (χ2v) is 6.43. The van der Waals surface area contributed by atoms with Gasteiger partial charge >= 0.3 is 0 Å². The van der Waals surface area contributed by atoms with Crippen LogP contribution in [0.2, 0.25) is 0 Å². The average molecular weight is 327 g/mol. The van der Waals surface area contributed by atoms with Crippen molar-refractivity contribution in [2.24, 2.45) is 5.92 Å². The van der Waals surface area contributed by atoms with Crippen molar-refractivity contribution in [3.63, 3.8) is 0 Å². The molecule has 0 saturated carbocycles. The first-order chi connectivity index (χ1) is 9.04. The highest BCUT2D eigenvalue weighted by atomic mass is 79.9. The maximum atomic E-state index is 3.66. The number of benzene rings is 1. The Kier molecular flexibility index (Phi) is 7.66. The predicted molar refractivity (Wildman–Crippen MR) is 87.5 cm³/mol. The highest BCUT2D eigenvalue weighted by molar-refractivity contribution is 9.10. The minimum absolute atomic E-state index is 0.426. The Morgan fingerprint density at radius 1 is 1.26 bits per heavy atom. The van der Waals surface area contributed by atoms with Crippen LogP contribution < -0.4 is 5.32 Å². The molecule has 0 radical (unpaired) electrons. The molecule has 0 aliphatic rings. The summed E-state index contributed by atoms with van der Waals surface area (Å²) in [4.78, 5) is 2.42. The monoisotopic (exact) mass is 326 g/mol. The number of rotatable bonds is 8. The number of halogens is 1. The van der Waals surface area contributed by atoms with Gasteiger partial charge in [0, 0.05) is 17.1 Å². The fourth-order valence-electron chi connectivity index (χ4n) is 2.44. The minimum Gasteiger partial charge on any atom is -0.310 e. The Labute approximate surface area is 126 Å². The number of nitrogens with one attached hydrogen (secondary N) is 1. The van der Waals surface area contributed by atoms with Crippen molar-refractivity contribution in [3.05, 3.63) is 34.3 Å². The summed E-state index contributed by atoms with van der Waals surface area (Å²) in [5, 5.41) is 3.59. The lowest BCUT2D eigenvalue weighted by molar-refractivity contribution is 0.277. The molecule has 0 aromatic heterocycles. The van der Waals surface area contributed by atoms with Gasteiger partial charge in [-0.2, -0.15) is 0 Å². The van der Waals surface area contributed by atoms with Gasteiger partial charge in [-0.25, -0.2) is 0 Å². The molecule has 2 nitrogen and oxygen atoms in total. The first-order valence-corrected chi connectivity index (χ1v) is 8.00. The summed E-state index contributed by atoms with van der Waals surface area (Å²) in [6.07, 6.45) is 1.14. The third-order valence-electron chi connectivity index (χ3n) is 3.21. The fourth-order valence-corrected chi connectivity index (χ4v) is 3.00. The fraction of sp³-hybridized carbons (Fsp3) is 0.625. The normalized spacial score (nSPS) is 13.2. The molecular weight excluding hydrogens is 300 g/mol. The van der Waals surface area contributed by atoms with E-state index in [2.05, 4.69) is 78.2 Å². The van der Waals surface area contributed by atoms with Crippen LogP contribution in [0.4, 0.5) is 0 Å². The molecule has 0 aliphatic heterocycles. The van der Waals surface area contributed by atoms with Gasteiger partial charge in [-0.1, -0.05) is 54.9 Å². The molecule has 108 valence electrons. The number of nitrogens with zero attached hydrogens (tertiary/aromatic N) is 1. The molecule has 1 unspecified atom stereocenters. The summed E-state index contributed by atoms with van der Waals surface area (Å²) >= 11 is 3.66. The zero-order chi connectivity index (χ0) is 14.3. The quantitative estimate of drug-likeness (QED) is 0.774. The highest BCUT2D eigenvalue weighted by Crippen LogP contribution is 2.25. The van der Waals surface area contributed by atoms with E-state index in [4.69, 9.17) is 0 Å². The van der Waals surface area contributed by atoms with Crippen LogP contribution >= 0.6 is 15.9 Å². The smallest absolute Gasteiger partial charge is 0.0343 e. The Morgan fingerprint density at radius 3 is 2.53 bits per heavy atom. The molecule has 1 N–H and O–H groups in total. The van der Waals surface area contributed by atoms with E-state index in [0.29, 0.717) is 6.04 Å². The van der Waals surface area contributed by atoms with Crippen molar-refractivity contribution in [2.75, 3.05) is 26.7 Å². The Bertz CT molecular complexity index is 366. The molecule has 0 fully saturated rings. The molecule has 1 rings (SSSR count). The van der Waals surface area contributed by atoms with Crippen molar-refractivity contribution in [1.29, 1.82) is 0 Å². The van der Waals surface area contributed by atoms with Gasteiger partial charge in [0.25, 0.3) is 0 Å². The second-order valence-electron chi connectivity index (χ2n) is 5.58. The van der Waals surface area contributed by atoms with Gasteiger partial charge in [0.2, 0.25) is 0 Å².